The van der Waals surface area contributed by atoms with Gasteiger partial charge in [-0.15, -0.1) is 0 Å². The standard InChI is InChI=1S/C13H16N4/c1-3-16-13(12-7-14-9-15-8-12)11-4-5-17-10(2)6-11/h4-9,13,16H,3H2,1-2H3. The van der Waals surface area contributed by atoms with Crippen molar-refractivity contribution in [2.75, 3.05) is 6.54 Å². The highest BCUT2D eigenvalue weighted by Crippen LogP contribution is 2.20. The number of nitrogens with zero attached hydrogens (tertiary/aromatic N) is 3. The predicted molar refractivity (Wildman–Crippen MR) is 66.5 cm³/mol. The molecule has 0 bridgehead atoms. The van der Waals surface area contributed by atoms with Crippen LogP contribution in [0.1, 0.15) is 29.8 Å². The molecule has 0 aliphatic rings. The third kappa shape index (κ3) is 2.85. The highest BCUT2D eigenvalue weighted by Gasteiger charge is 2.13. The largest absolute Gasteiger partial charge is 0.306 e. The highest BCUT2D eigenvalue weighted by atomic mass is 14.9. The zero-order valence-electron chi connectivity index (χ0n) is 10.1. The molecule has 0 radical (unpaired) electrons. The van der Waals surface area contributed by atoms with Crippen molar-refractivity contribution in [2.45, 2.75) is 19.9 Å². The van der Waals surface area contributed by atoms with Crippen molar-refractivity contribution in [3.8, 4) is 0 Å². The molecular weight excluding hydrogens is 212 g/mol. The molecule has 1 atom stereocenters. The summed E-state index contributed by atoms with van der Waals surface area (Å²) in [6, 6.07) is 4.23. The van der Waals surface area contributed by atoms with Crippen LogP contribution in [0.25, 0.3) is 0 Å². The van der Waals surface area contributed by atoms with Crippen LogP contribution in [-0.4, -0.2) is 21.5 Å². The summed E-state index contributed by atoms with van der Waals surface area (Å²) in [5.74, 6) is 0. The fraction of sp³-hybridized carbons (Fsp3) is 0.308. The van der Waals surface area contributed by atoms with Crippen molar-refractivity contribution < 1.29 is 0 Å². The molecule has 0 aromatic carbocycles. The lowest BCUT2D eigenvalue weighted by molar-refractivity contribution is 0.624. The Hall–Kier alpha value is -1.81. The topological polar surface area (TPSA) is 50.7 Å². The average molecular weight is 228 g/mol. The maximum atomic E-state index is 4.22. The van der Waals surface area contributed by atoms with E-state index in [-0.39, 0.29) is 6.04 Å². The molecule has 2 aromatic heterocycles. The SMILES string of the molecule is CCNC(c1cncnc1)c1ccnc(C)c1. The molecule has 1 N–H and O–H groups in total. The summed E-state index contributed by atoms with van der Waals surface area (Å²) in [7, 11) is 0. The van der Waals surface area contributed by atoms with Crippen molar-refractivity contribution in [3.05, 3.63) is 53.9 Å². The fourth-order valence-corrected chi connectivity index (χ4v) is 1.84. The Balaban J connectivity index is 2.35. The lowest BCUT2D eigenvalue weighted by Gasteiger charge is -2.18. The molecule has 0 fully saturated rings. The number of rotatable bonds is 4. The first-order valence-electron chi connectivity index (χ1n) is 5.72. The molecule has 0 saturated carbocycles. The van der Waals surface area contributed by atoms with Crippen LogP contribution in [0.2, 0.25) is 0 Å². The van der Waals surface area contributed by atoms with Gasteiger partial charge in [-0.2, -0.15) is 0 Å². The van der Waals surface area contributed by atoms with Crippen molar-refractivity contribution in [2.24, 2.45) is 0 Å². The monoisotopic (exact) mass is 228 g/mol. The Bertz CT molecular complexity index is 470. The number of hydrogen-bond donors (Lipinski definition) is 1. The Morgan fingerprint density at radius 2 is 2.00 bits per heavy atom. The van der Waals surface area contributed by atoms with E-state index in [0.717, 1.165) is 17.8 Å². The normalized spacial score (nSPS) is 12.4. The summed E-state index contributed by atoms with van der Waals surface area (Å²) in [6.45, 7) is 4.97. The third-order valence-electron chi connectivity index (χ3n) is 2.58. The number of hydrogen-bond acceptors (Lipinski definition) is 4. The summed E-state index contributed by atoms with van der Waals surface area (Å²) in [5.41, 5.74) is 3.27. The van der Waals surface area contributed by atoms with Crippen LogP contribution in [0.15, 0.2) is 37.1 Å². The first-order chi connectivity index (χ1) is 8.31. The van der Waals surface area contributed by atoms with E-state index in [2.05, 4.69) is 33.3 Å². The van der Waals surface area contributed by atoms with Gasteiger partial charge in [0.05, 0.1) is 6.04 Å². The van der Waals surface area contributed by atoms with Gasteiger partial charge in [-0.05, 0) is 31.2 Å². The second kappa shape index (κ2) is 5.50. The van der Waals surface area contributed by atoms with Crippen LogP contribution in [0.5, 0.6) is 0 Å². The smallest absolute Gasteiger partial charge is 0.115 e. The highest BCUT2D eigenvalue weighted by molar-refractivity contribution is 5.28. The molecule has 0 amide bonds. The van der Waals surface area contributed by atoms with Gasteiger partial charge < -0.3 is 5.32 Å². The summed E-state index contributed by atoms with van der Waals surface area (Å²) >= 11 is 0. The lowest BCUT2D eigenvalue weighted by Crippen LogP contribution is -2.22. The molecular formula is C13H16N4. The first-order valence-corrected chi connectivity index (χ1v) is 5.72. The molecule has 2 heterocycles. The third-order valence-corrected chi connectivity index (χ3v) is 2.58. The predicted octanol–water partition coefficient (Wildman–Crippen LogP) is 1.88. The average Bonchev–Trinajstić information content (AvgIpc) is 2.37. The number of pyridine rings is 1. The van der Waals surface area contributed by atoms with E-state index in [9.17, 15) is 0 Å². The van der Waals surface area contributed by atoms with E-state index < -0.39 is 0 Å². The van der Waals surface area contributed by atoms with Gasteiger partial charge in [0.25, 0.3) is 0 Å². The van der Waals surface area contributed by atoms with Crippen molar-refractivity contribution in [1.29, 1.82) is 0 Å². The molecule has 0 spiro atoms. The first kappa shape index (κ1) is 11.7. The zero-order chi connectivity index (χ0) is 12.1. The molecule has 88 valence electrons. The van der Waals surface area contributed by atoms with Crippen LogP contribution in [-0.2, 0) is 0 Å². The molecule has 0 aliphatic carbocycles. The molecule has 4 heteroatoms. The van der Waals surface area contributed by atoms with Crippen LogP contribution < -0.4 is 5.32 Å². The molecule has 1 unspecified atom stereocenters. The van der Waals surface area contributed by atoms with Gasteiger partial charge >= 0.3 is 0 Å². The van der Waals surface area contributed by atoms with Gasteiger partial charge in [-0.25, -0.2) is 9.97 Å². The summed E-state index contributed by atoms with van der Waals surface area (Å²) in [4.78, 5) is 12.4. The van der Waals surface area contributed by atoms with E-state index in [1.54, 1.807) is 6.33 Å². The molecule has 2 aromatic rings. The second-order valence-electron chi connectivity index (χ2n) is 3.89. The van der Waals surface area contributed by atoms with Gasteiger partial charge in [0.15, 0.2) is 0 Å². The van der Waals surface area contributed by atoms with E-state index >= 15 is 0 Å². The van der Waals surface area contributed by atoms with Gasteiger partial charge in [-0.1, -0.05) is 6.92 Å². The number of aryl methyl sites for hydroxylation is 1. The minimum Gasteiger partial charge on any atom is -0.306 e. The van der Waals surface area contributed by atoms with Crippen molar-refractivity contribution in [1.82, 2.24) is 20.3 Å². The minimum atomic E-state index is 0.128. The maximum absolute atomic E-state index is 4.22. The summed E-state index contributed by atoms with van der Waals surface area (Å²) < 4.78 is 0. The Morgan fingerprint density at radius 3 is 2.65 bits per heavy atom. The van der Waals surface area contributed by atoms with E-state index in [1.807, 2.05) is 31.6 Å². The summed E-state index contributed by atoms with van der Waals surface area (Å²) in [6.07, 6.45) is 7.06. The zero-order valence-corrected chi connectivity index (χ0v) is 10.1. The van der Waals surface area contributed by atoms with E-state index in [1.165, 1.54) is 5.56 Å². The number of aromatic nitrogens is 3. The molecule has 4 nitrogen and oxygen atoms in total. The van der Waals surface area contributed by atoms with Gasteiger partial charge in [-0.3, -0.25) is 4.98 Å². The van der Waals surface area contributed by atoms with E-state index in [0.29, 0.717) is 0 Å². The quantitative estimate of drug-likeness (QED) is 0.868. The summed E-state index contributed by atoms with van der Waals surface area (Å²) in [5, 5.41) is 3.43. The number of nitrogens with one attached hydrogen (secondary N) is 1. The molecule has 17 heavy (non-hydrogen) atoms. The van der Waals surface area contributed by atoms with Gasteiger partial charge in [0.2, 0.25) is 0 Å². The Morgan fingerprint density at radius 1 is 1.24 bits per heavy atom. The van der Waals surface area contributed by atoms with Crippen LogP contribution in [0, 0.1) is 6.92 Å². The fourth-order valence-electron chi connectivity index (χ4n) is 1.84. The van der Waals surface area contributed by atoms with Crippen molar-refractivity contribution >= 4 is 0 Å². The minimum absolute atomic E-state index is 0.128. The molecule has 0 saturated heterocycles. The lowest BCUT2D eigenvalue weighted by atomic mass is 10.0. The maximum Gasteiger partial charge on any atom is 0.115 e. The molecule has 2 rings (SSSR count). The second-order valence-corrected chi connectivity index (χ2v) is 3.89. The van der Waals surface area contributed by atoms with Crippen molar-refractivity contribution in [3.63, 3.8) is 0 Å². The van der Waals surface area contributed by atoms with Crippen LogP contribution >= 0.6 is 0 Å². The van der Waals surface area contributed by atoms with Crippen LogP contribution in [0.4, 0.5) is 0 Å². The molecule has 0 aliphatic heterocycles. The Kier molecular flexibility index (Phi) is 3.77. The van der Waals surface area contributed by atoms with E-state index in [4.69, 9.17) is 0 Å². The van der Waals surface area contributed by atoms with Gasteiger partial charge in [0.1, 0.15) is 6.33 Å². The van der Waals surface area contributed by atoms with Gasteiger partial charge in [0, 0.05) is 29.8 Å². The van der Waals surface area contributed by atoms with Crippen LogP contribution in [0.3, 0.4) is 0 Å². The Labute approximate surface area is 101 Å².